The molecule has 0 saturated carbocycles. The van der Waals surface area contributed by atoms with E-state index in [9.17, 15) is 0 Å². The second kappa shape index (κ2) is 9.62. The topological polar surface area (TPSA) is 15.3 Å². The van der Waals surface area contributed by atoms with E-state index in [1.807, 2.05) is 0 Å². The predicted octanol–water partition coefficient (Wildman–Crippen LogP) is 3.89. The third-order valence-electron chi connectivity index (χ3n) is 4.16. The van der Waals surface area contributed by atoms with Gasteiger partial charge in [-0.15, -0.1) is 24.8 Å². The van der Waals surface area contributed by atoms with Gasteiger partial charge in [-0.1, -0.05) is 31.5 Å². The Labute approximate surface area is 136 Å². The van der Waals surface area contributed by atoms with E-state index >= 15 is 0 Å². The van der Waals surface area contributed by atoms with Crippen LogP contribution in [0.4, 0.5) is 0 Å². The van der Waals surface area contributed by atoms with Crippen molar-refractivity contribution in [2.45, 2.75) is 39.7 Å². The molecule has 1 heterocycles. The van der Waals surface area contributed by atoms with Gasteiger partial charge in [0.2, 0.25) is 0 Å². The second-order valence-corrected chi connectivity index (χ2v) is 5.38. The summed E-state index contributed by atoms with van der Waals surface area (Å²) < 4.78 is 0. The van der Waals surface area contributed by atoms with E-state index < -0.39 is 0 Å². The van der Waals surface area contributed by atoms with Crippen molar-refractivity contribution in [2.24, 2.45) is 0 Å². The average molecular weight is 319 g/mol. The Hall–Kier alpha value is -0.280. The van der Waals surface area contributed by atoms with Gasteiger partial charge < -0.3 is 5.32 Å². The van der Waals surface area contributed by atoms with Crippen LogP contribution in [0.25, 0.3) is 0 Å². The first-order chi connectivity index (χ1) is 8.74. The lowest BCUT2D eigenvalue weighted by molar-refractivity contribution is 0.164. The summed E-state index contributed by atoms with van der Waals surface area (Å²) in [6, 6.07) is 7.37. The highest BCUT2D eigenvalue weighted by molar-refractivity contribution is 5.85. The Morgan fingerprint density at radius 1 is 1.15 bits per heavy atom. The molecule has 116 valence electrons. The van der Waals surface area contributed by atoms with Gasteiger partial charge in [-0.05, 0) is 37.0 Å². The van der Waals surface area contributed by atoms with Gasteiger partial charge in [0.1, 0.15) is 0 Å². The van der Waals surface area contributed by atoms with Crippen LogP contribution < -0.4 is 5.32 Å². The molecule has 1 atom stereocenters. The normalized spacial score (nSPS) is 16.9. The minimum Gasteiger partial charge on any atom is -0.314 e. The monoisotopic (exact) mass is 318 g/mol. The molecule has 4 heteroatoms. The van der Waals surface area contributed by atoms with Crippen LogP contribution in [0.2, 0.25) is 0 Å². The fraction of sp³-hybridized carbons (Fsp3) is 0.625. The summed E-state index contributed by atoms with van der Waals surface area (Å²) in [6.07, 6.45) is 2.52. The summed E-state index contributed by atoms with van der Waals surface area (Å²) >= 11 is 0. The number of rotatable bonds is 4. The van der Waals surface area contributed by atoms with E-state index in [1.54, 1.807) is 5.56 Å². The molecule has 0 spiro atoms. The molecular formula is C16H28Cl2N2. The molecule has 1 saturated heterocycles. The highest BCUT2D eigenvalue weighted by Gasteiger charge is 2.22. The van der Waals surface area contributed by atoms with Crippen LogP contribution in [0.15, 0.2) is 18.2 Å². The Morgan fingerprint density at radius 3 is 2.40 bits per heavy atom. The second-order valence-electron chi connectivity index (χ2n) is 5.38. The Balaban J connectivity index is 0.00000180. The van der Waals surface area contributed by atoms with Crippen LogP contribution in [0, 0.1) is 13.8 Å². The molecule has 0 bridgehead atoms. The number of nitrogens with one attached hydrogen (secondary N) is 1. The Morgan fingerprint density at radius 2 is 1.80 bits per heavy atom. The highest BCUT2D eigenvalue weighted by Crippen LogP contribution is 2.29. The molecule has 1 aromatic carbocycles. The summed E-state index contributed by atoms with van der Waals surface area (Å²) in [6.45, 7) is 11.4. The maximum Gasteiger partial charge on any atom is 0.0351 e. The summed E-state index contributed by atoms with van der Waals surface area (Å²) in [4.78, 5) is 2.65. The minimum atomic E-state index is 0. The molecule has 1 aliphatic heterocycles. The fourth-order valence-corrected chi connectivity index (χ4v) is 2.94. The molecule has 0 amide bonds. The van der Waals surface area contributed by atoms with Gasteiger partial charge in [-0.25, -0.2) is 0 Å². The van der Waals surface area contributed by atoms with Crippen molar-refractivity contribution >= 4 is 24.8 Å². The fourth-order valence-electron chi connectivity index (χ4n) is 2.94. The zero-order chi connectivity index (χ0) is 13.0. The van der Waals surface area contributed by atoms with Gasteiger partial charge in [-0.2, -0.15) is 0 Å². The van der Waals surface area contributed by atoms with Crippen LogP contribution in [0.3, 0.4) is 0 Å². The molecule has 1 N–H and O–H groups in total. The lowest BCUT2D eigenvalue weighted by Crippen LogP contribution is -2.45. The quantitative estimate of drug-likeness (QED) is 0.906. The Kier molecular flexibility index (Phi) is 9.48. The van der Waals surface area contributed by atoms with Crippen LogP contribution in [0.5, 0.6) is 0 Å². The van der Waals surface area contributed by atoms with Crippen LogP contribution >= 0.6 is 24.8 Å². The van der Waals surface area contributed by atoms with E-state index in [-0.39, 0.29) is 24.8 Å². The summed E-state index contributed by atoms with van der Waals surface area (Å²) in [5.41, 5.74) is 4.44. The van der Waals surface area contributed by atoms with Gasteiger partial charge in [-0.3, -0.25) is 4.90 Å². The van der Waals surface area contributed by atoms with E-state index in [1.165, 1.54) is 37.1 Å². The van der Waals surface area contributed by atoms with Gasteiger partial charge in [0.15, 0.2) is 0 Å². The maximum atomic E-state index is 3.45. The van der Waals surface area contributed by atoms with E-state index in [0.29, 0.717) is 6.04 Å². The predicted molar refractivity (Wildman–Crippen MR) is 92.5 cm³/mol. The Bertz CT molecular complexity index is 390. The maximum absolute atomic E-state index is 3.45. The van der Waals surface area contributed by atoms with Crippen LogP contribution in [0.1, 0.15) is 42.5 Å². The van der Waals surface area contributed by atoms with Crippen molar-refractivity contribution in [2.75, 3.05) is 26.2 Å². The highest BCUT2D eigenvalue weighted by atomic mass is 35.5. The molecule has 1 aromatic rings. The summed E-state index contributed by atoms with van der Waals surface area (Å²) in [7, 11) is 0. The van der Waals surface area contributed by atoms with Gasteiger partial charge in [0.25, 0.3) is 0 Å². The number of piperazine rings is 1. The third-order valence-corrected chi connectivity index (χ3v) is 4.16. The zero-order valence-electron chi connectivity index (χ0n) is 12.8. The first-order valence-corrected chi connectivity index (χ1v) is 7.25. The lowest BCUT2D eigenvalue weighted by atomic mass is 9.93. The first-order valence-electron chi connectivity index (χ1n) is 7.25. The van der Waals surface area contributed by atoms with Gasteiger partial charge >= 0.3 is 0 Å². The molecule has 0 unspecified atom stereocenters. The van der Waals surface area contributed by atoms with Crippen molar-refractivity contribution in [3.63, 3.8) is 0 Å². The number of halogens is 2. The average Bonchev–Trinajstić information content (AvgIpc) is 2.41. The molecule has 20 heavy (non-hydrogen) atoms. The molecule has 0 aliphatic carbocycles. The number of hydrogen-bond donors (Lipinski definition) is 1. The molecule has 0 aromatic heterocycles. The van der Waals surface area contributed by atoms with Crippen molar-refractivity contribution in [3.8, 4) is 0 Å². The number of aryl methyl sites for hydroxylation is 1. The van der Waals surface area contributed by atoms with E-state index in [0.717, 1.165) is 13.1 Å². The molecule has 1 fully saturated rings. The smallest absolute Gasteiger partial charge is 0.0351 e. The largest absolute Gasteiger partial charge is 0.314 e. The number of nitrogens with zero attached hydrogens (tertiary/aromatic N) is 1. The summed E-state index contributed by atoms with van der Waals surface area (Å²) in [5.74, 6) is 0. The van der Waals surface area contributed by atoms with Crippen molar-refractivity contribution in [1.29, 1.82) is 0 Å². The molecule has 0 radical (unpaired) electrons. The lowest BCUT2D eigenvalue weighted by Gasteiger charge is -2.36. The third kappa shape index (κ3) is 4.63. The van der Waals surface area contributed by atoms with Crippen LogP contribution in [-0.2, 0) is 0 Å². The first kappa shape index (κ1) is 19.7. The SMILES string of the molecule is CCC[C@@H](c1cccc(C)c1C)N1CCNCC1.Cl.Cl. The number of hydrogen-bond acceptors (Lipinski definition) is 2. The standard InChI is InChI=1S/C16H26N2.2ClH/c1-4-6-16(18-11-9-17-10-12-18)15-8-5-7-13(2)14(15)3;;/h5,7-8,16-17H,4,6,9-12H2,1-3H3;2*1H/t16-;;/m0../s1. The van der Waals surface area contributed by atoms with Crippen molar-refractivity contribution < 1.29 is 0 Å². The minimum absolute atomic E-state index is 0. The molecular weight excluding hydrogens is 291 g/mol. The summed E-state index contributed by atoms with van der Waals surface area (Å²) in [5, 5.41) is 3.45. The molecule has 2 nitrogen and oxygen atoms in total. The zero-order valence-corrected chi connectivity index (χ0v) is 14.4. The molecule has 1 aliphatic rings. The van der Waals surface area contributed by atoms with E-state index in [2.05, 4.69) is 49.2 Å². The number of benzene rings is 1. The van der Waals surface area contributed by atoms with Crippen LogP contribution in [-0.4, -0.2) is 31.1 Å². The molecule has 2 rings (SSSR count). The van der Waals surface area contributed by atoms with Crippen molar-refractivity contribution in [3.05, 3.63) is 34.9 Å². The van der Waals surface area contributed by atoms with Gasteiger partial charge in [0, 0.05) is 32.2 Å². The van der Waals surface area contributed by atoms with Crippen molar-refractivity contribution in [1.82, 2.24) is 10.2 Å². The van der Waals surface area contributed by atoms with Gasteiger partial charge in [0.05, 0.1) is 0 Å². The van der Waals surface area contributed by atoms with E-state index in [4.69, 9.17) is 0 Å².